The van der Waals surface area contributed by atoms with Crippen molar-refractivity contribution in [1.29, 1.82) is 0 Å². The van der Waals surface area contributed by atoms with Crippen LogP contribution in [0.1, 0.15) is 11.3 Å². The number of halogens is 2. The molecule has 0 spiro atoms. The van der Waals surface area contributed by atoms with Gasteiger partial charge in [-0.3, -0.25) is 9.39 Å². The Balaban J connectivity index is 0.00000192. The van der Waals surface area contributed by atoms with Crippen molar-refractivity contribution in [3.8, 4) is 0 Å². The molecule has 2 heterocycles. The van der Waals surface area contributed by atoms with Gasteiger partial charge in [-0.05, 0) is 17.7 Å². The summed E-state index contributed by atoms with van der Waals surface area (Å²) in [4.78, 5) is 9.62. The van der Waals surface area contributed by atoms with Crippen LogP contribution in [0.15, 0.2) is 47.0 Å². The van der Waals surface area contributed by atoms with E-state index in [2.05, 4.69) is 20.6 Å². The van der Waals surface area contributed by atoms with Gasteiger partial charge in [-0.2, -0.15) is 0 Å². The van der Waals surface area contributed by atoms with E-state index in [0.29, 0.717) is 19.0 Å². The highest BCUT2D eigenvalue weighted by molar-refractivity contribution is 14.0. The van der Waals surface area contributed by atoms with Crippen molar-refractivity contribution in [3.63, 3.8) is 0 Å². The highest BCUT2D eigenvalue weighted by atomic mass is 127. The maximum atomic E-state index is 13.1. The largest absolute Gasteiger partial charge is 0.352 e. The topological polar surface area (TPSA) is 53.7 Å². The number of thiazole rings is 1. The lowest BCUT2D eigenvalue weighted by Gasteiger charge is -2.11. The van der Waals surface area contributed by atoms with Crippen molar-refractivity contribution in [2.75, 3.05) is 7.05 Å². The predicted octanol–water partition coefficient (Wildman–Crippen LogP) is 3.02. The van der Waals surface area contributed by atoms with E-state index < -0.39 is 0 Å². The Morgan fingerprint density at radius 2 is 2.17 bits per heavy atom. The predicted molar refractivity (Wildman–Crippen MR) is 102 cm³/mol. The maximum Gasteiger partial charge on any atom is 0.193 e. The van der Waals surface area contributed by atoms with Gasteiger partial charge >= 0.3 is 0 Å². The summed E-state index contributed by atoms with van der Waals surface area (Å²) in [6.45, 7) is 1.09. The molecule has 0 saturated heterocycles. The van der Waals surface area contributed by atoms with Crippen LogP contribution in [0.3, 0.4) is 0 Å². The zero-order valence-corrected chi connectivity index (χ0v) is 15.6. The minimum Gasteiger partial charge on any atom is -0.352 e. The normalized spacial score (nSPS) is 11.3. The second-order valence-electron chi connectivity index (χ2n) is 4.73. The summed E-state index contributed by atoms with van der Waals surface area (Å²) >= 11 is 1.60. The number of fused-ring (bicyclic) bond motifs is 1. The molecule has 0 radical (unpaired) electrons. The lowest BCUT2D eigenvalue weighted by atomic mass is 10.2. The van der Waals surface area contributed by atoms with Crippen LogP contribution >= 0.6 is 35.3 Å². The van der Waals surface area contributed by atoms with Crippen LogP contribution in [0.5, 0.6) is 0 Å². The summed E-state index contributed by atoms with van der Waals surface area (Å²) in [6, 6.07) is 6.50. The van der Waals surface area contributed by atoms with Gasteiger partial charge in [0.25, 0.3) is 0 Å². The molecular formula is C15H17FIN5S. The molecular weight excluding hydrogens is 428 g/mol. The fourth-order valence-corrected chi connectivity index (χ4v) is 2.81. The number of benzene rings is 1. The maximum absolute atomic E-state index is 13.1. The Morgan fingerprint density at radius 3 is 2.91 bits per heavy atom. The van der Waals surface area contributed by atoms with Crippen molar-refractivity contribution in [2.45, 2.75) is 13.1 Å². The first-order valence-electron chi connectivity index (χ1n) is 6.84. The molecule has 0 saturated carbocycles. The molecule has 0 aliphatic rings. The number of aliphatic imine (C=N–C) groups is 1. The first kappa shape index (κ1) is 17.7. The molecule has 3 aromatic rings. The number of imidazole rings is 1. The summed E-state index contributed by atoms with van der Waals surface area (Å²) in [5.41, 5.74) is 1.81. The lowest BCUT2D eigenvalue weighted by Crippen LogP contribution is -2.36. The van der Waals surface area contributed by atoms with E-state index in [9.17, 15) is 4.39 Å². The number of aromatic nitrogens is 2. The summed E-state index contributed by atoms with van der Waals surface area (Å²) in [7, 11) is 1.70. The quantitative estimate of drug-likeness (QED) is 0.369. The van der Waals surface area contributed by atoms with Crippen molar-refractivity contribution < 1.29 is 4.39 Å². The van der Waals surface area contributed by atoms with Crippen LogP contribution in [0.25, 0.3) is 4.96 Å². The first-order valence-corrected chi connectivity index (χ1v) is 7.72. The standard InChI is InChI=1S/C15H16FN5S.HI/c1-17-14(18-8-11-3-2-4-12(16)7-11)19-9-13-10-21-5-6-22-15(21)20-13;/h2-7,10H,8-9H2,1H3,(H2,17,18,19);1H. The zero-order chi connectivity index (χ0) is 15.4. The number of rotatable bonds is 4. The molecule has 0 unspecified atom stereocenters. The average molecular weight is 445 g/mol. The van der Waals surface area contributed by atoms with E-state index in [4.69, 9.17) is 0 Å². The van der Waals surface area contributed by atoms with Crippen LogP contribution in [0, 0.1) is 5.82 Å². The van der Waals surface area contributed by atoms with E-state index in [1.165, 1.54) is 12.1 Å². The van der Waals surface area contributed by atoms with E-state index in [1.54, 1.807) is 24.5 Å². The molecule has 0 bridgehead atoms. The fourth-order valence-electron chi connectivity index (χ4n) is 2.09. The van der Waals surface area contributed by atoms with E-state index >= 15 is 0 Å². The molecule has 0 atom stereocenters. The van der Waals surface area contributed by atoms with E-state index in [0.717, 1.165) is 16.2 Å². The smallest absolute Gasteiger partial charge is 0.193 e. The van der Waals surface area contributed by atoms with Gasteiger partial charge in [0.1, 0.15) is 5.82 Å². The third kappa shape index (κ3) is 4.64. The molecule has 0 aliphatic heterocycles. The Labute approximate surface area is 154 Å². The molecule has 8 heteroatoms. The third-order valence-corrected chi connectivity index (χ3v) is 3.92. The third-order valence-electron chi connectivity index (χ3n) is 3.15. The van der Waals surface area contributed by atoms with Gasteiger partial charge in [0.15, 0.2) is 10.9 Å². The SMILES string of the molecule is CN=C(NCc1cccc(F)c1)NCc1cn2ccsc2n1.I. The number of guanidine groups is 1. The van der Waals surface area contributed by atoms with Crippen LogP contribution in [0.4, 0.5) is 4.39 Å². The van der Waals surface area contributed by atoms with Gasteiger partial charge in [0, 0.05) is 31.4 Å². The second kappa shape index (κ2) is 8.25. The van der Waals surface area contributed by atoms with E-state index in [-0.39, 0.29) is 29.8 Å². The van der Waals surface area contributed by atoms with Crippen molar-refractivity contribution in [2.24, 2.45) is 4.99 Å². The molecule has 2 aromatic heterocycles. The van der Waals surface area contributed by atoms with Gasteiger partial charge in [0.2, 0.25) is 0 Å². The Hall–Kier alpha value is -1.68. The molecule has 0 aliphatic carbocycles. The number of hydrogen-bond acceptors (Lipinski definition) is 3. The summed E-state index contributed by atoms with van der Waals surface area (Å²) < 4.78 is 15.1. The van der Waals surface area contributed by atoms with Gasteiger partial charge in [-0.1, -0.05) is 12.1 Å². The zero-order valence-electron chi connectivity index (χ0n) is 12.5. The minimum atomic E-state index is -0.236. The average Bonchev–Trinajstić information content (AvgIpc) is 3.08. The van der Waals surface area contributed by atoms with Crippen LogP contribution < -0.4 is 10.6 Å². The molecule has 1 aromatic carbocycles. The molecule has 0 fully saturated rings. The van der Waals surface area contributed by atoms with Crippen molar-refractivity contribution >= 4 is 46.2 Å². The van der Waals surface area contributed by atoms with Gasteiger partial charge in [-0.15, -0.1) is 35.3 Å². The molecule has 23 heavy (non-hydrogen) atoms. The minimum absolute atomic E-state index is 0. The van der Waals surface area contributed by atoms with Crippen LogP contribution in [-0.4, -0.2) is 22.4 Å². The molecule has 0 amide bonds. The molecule has 5 nitrogen and oxygen atoms in total. The van der Waals surface area contributed by atoms with Crippen LogP contribution in [0.2, 0.25) is 0 Å². The highest BCUT2D eigenvalue weighted by Gasteiger charge is 2.04. The summed E-state index contributed by atoms with van der Waals surface area (Å²) in [5, 5.41) is 8.35. The number of nitrogens with zero attached hydrogens (tertiary/aromatic N) is 3. The van der Waals surface area contributed by atoms with Gasteiger partial charge in [-0.25, -0.2) is 9.37 Å². The Bertz CT molecular complexity index is 769. The Kier molecular flexibility index (Phi) is 6.34. The van der Waals surface area contributed by atoms with Crippen molar-refractivity contribution in [3.05, 3.63) is 59.1 Å². The summed E-state index contributed by atoms with van der Waals surface area (Å²) in [6.07, 6.45) is 3.96. The fraction of sp³-hybridized carbons (Fsp3) is 0.200. The first-order chi connectivity index (χ1) is 10.7. The molecule has 122 valence electrons. The monoisotopic (exact) mass is 445 g/mol. The van der Waals surface area contributed by atoms with Gasteiger partial charge < -0.3 is 10.6 Å². The van der Waals surface area contributed by atoms with Gasteiger partial charge in [0.05, 0.1) is 12.2 Å². The lowest BCUT2D eigenvalue weighted by molar-refractivity contribution is 0.624. The van der Waals surface area contributed by atoms with Crippen LogP contribution in [-0.2, 0) is 13.1 Å². The van der Waals surface area contributed by atoms with E-state index in [1.807, 2.05) is 28.2 Å². The highest BCUT2D eigenvalue weighted by Crippen LogP contribution is 2.11. The molecule has 3 rings (SSSR count). The Morgan fingerprint density at radius 1 is 1.35 bits per heavy atom. The number of hydrogen-bond donors (Lipinski definition) is 2. The molecule has 2 N–H and O–H groups in total. The number of nitrogens with one attached hydrogen (secondary N) is 2. The van der Waals surface area contributed by atoms with Crippen molar-refractivity contribution in [1.82, 2.24) is 20.0 Å². The summed E-state index contributed by atoms with van der Waals surface area (Å²) in [5.74, 6) is 0.418. The second-order valence-corrected chi connectivity index (χ2v) is 5.61.